The number of hydrogen-bond acceptors (Lipinski definition) is 2. The lowest BCUT2D eigenvalue weighted by atomic mass is 10.1. The fourth-order valence-corrected chi connectivity index (χ4v) is 1.98. The third-order valence-electron chi connectivity index (χ3n) is 2.72. The molecule has 0 bridgehead atoms. The van der Waals surface area contributed by atoms with Crippen molar-refractivity contribution in [3.8, 4) is 0 Å². The summed E-state index contributed by atoms with van der Waals surface area (Å²) in [6, 6.07) is 1.52. The first-order chi connectivity index (χ1) is 9.22. The van der Waals surface area contributed by atoms with Crippen molar-refractivity contribution in [2.45, 2.75) is 26.8 Å². The highest BCUT2D eigenvalue weighted by Gasteiger charge is 2.23. The molecule has 0 saturated heterocycles. The highest BCUT2D eigenvalue weighted by molar-refractivity contribution is 6.36. The first kappa shape index (κ1) is 16.6. The summed E-state index contributed by atoms with van der Waals surface area (Å²) in [7, 11) is 0. The number of anilines is 1. The number of amides is 2. The van der Waals surface area contributed by atoms with Crippen LogP contribution in [0.1, 0.15) is 19.4 Å². The Bertz CT molecular complexity index is 533. The summed E-state index contributed by atoms with van der Waals surface area (Å²) in [6.45, 7) is 5.20. The predicted molar refractivity (Wildman–Crippen MR) is 79.6 cm³/mol. The summed E-state index contributed by atoms with van der Waals surface area (Å²) < 4.78 is 0. The van der Waals surface area contributed by atoms with E-state index in [-0.39, 0.29) is 5.92 Å². The Morgan fingerprint density at radius 1 is 1.20 bits per heavy atom. The van der Waals surface area contributed by atoms with Gasteiger partial charge in [0.25, 0.3) is 0 Å². The Hall–Kier alpha value is -1.46. The molecule has 0 aliphatic rings. The largest absolute Gasteiger partial charge is 0.480 e. The summed E-state index contributed by atoms with van der Waals surface area (Å²) in [5.41, 5.74) is 1.11. The summed E-state index contributed by atoms with van der Waals surface area (Å²) >= 11 is 11.9. The van der Waals surface area contributed by atoms with E-state index in [4.69, 9.17) is 28.3 Å². The van der Waals surface area contributed by atoms with Gasteiger partial charge in [0, 0.05) is 5.02 Å². The van der Waals surface area contributed by atoms with E-state index in [2.05, 4.69) is 10.6 Å². The highest BCUT2D eigenvalue weighted by Crippen LogP contribution is 2.28. The molecule has 5 nitrogen and oxygen atoms in total. The second-order valence-corrected chi connectivity index (χ2v) is 5.55. The minimum atomic E-state index is -1.09. The number of aryl methyl sites for hydroxylation is 1. The van der Waals surface area contributed by atoms with E-state index < -0.39 is 18.0 Å². The molecule has 0 aliphatic heterocycles. The molecular formula is C13H16Cl2N2O3. The van der Waals surface area contributed by atoms with Crippen LogP contribution in [0.2, 0.25) is 10.0 Å². The van der Waals surface area contributed by atoms with Gasteiger partial charge in [-0.1, -0.05) is 37.0 Å². The van der Waals surface area contributed by atoms with E-state index in [1.165, 1.54) is 6.07 Å². The zero-order chi connectivity index (χ0) is 15.4. The Morgan fingerprint density at radius 3 is 2.30 bits per heavy atom. The van der Waals surface area contributed by atoms with Crippen molar-refractivity contribution in [2.24, 2.45) is 5.92 Å². The molecule has 0 radical (unpaired) electrons. The molecule has 2 amide bonds. The Labute approximate surface area is 127 Å². The maximum atomic E-state index is 11.8. The summed E-state index contributed by atoms with van der Waals surface area (Å²) in [5.74, 6) is -1.33. The van der Waals surface area contributed by atoms with Crippen LogP contribution in [-0.2, 0) is 4.79 Å². The van der Waals surface area contributed by atoms with Gasteiger partial charge in [0.05, 0.1) is 10.7 Å². The molecule has 1 aromatic rings. The van der Waals surface area contributed by atoms with Gasteiger partial charge in [0.15, 0.2) is 0 Å². The van der Waals surface area contributed by atoms with Crippen molar-refractivity contribution in [1.82, 2.24) is 5.32 Å². The van der Waals surface area contributed by atoms with E-state index in [0.29, 0.717) is 15.7 Å². The number of urea groups is 1. The number of carboxylic acids is 1. The van der Waals surface area contributed by atoms with Gasteiger partial charge in [0.2, 0.25) is 0 Å². The molecule has 20 heavy (non-hydrogen) atoms. The van der Waals surface area contributed by atoms with Gasteiger partial charge in [-0.2, -0.15) is 0 Å². The SMILES string of the molecule is Cc1cc(Cl)c(NC(=O)N[C@@H](C(=O)O)C(C)C)cc1Cl. The van der Waals surface area contributed by atoms with Gasteiger partial charge in [-0.25, -0.2) is 9.59 Å². The smallest absolute Gasteiger partial charge is 0.326 e. The second-order valence-electron chi connectivity index (χ2n) is 4.74. The van der Waals surface area contributed by atoms with Gasteiger partial charge in [-0.05, 0) is 30.5 Å². The Balaban J connectivity index is 2.81. The number of aliphatic carboxylic acids is 1. The molecule has 110 valence electrons. The maximum absolute atomic E-state index is 11.8. The number of rotatable bonds is 4. The normalized spacial score (nSPS) is 12.1. The standard InChI is InChI=1S/C13H16Cl2N2O3/c1-6(2)11(12(18)19)17-13(20)16-10-5-8(14)7(3)4-9(10)15/h4-6,11H,1-3H3,(H,18,19)(H2,16,17,20)/t11-/m1/s1. The van der Waals surface area contributed by atoms with E-state index in [1.807, 2.05) is 0 Å². The fourth-order valence-electron chi connectivity index (χ4n) is 1.56. The average molecular weight is 319 g/mol. The van der Waals surface area contributed by atoms with Crippen LogP contribution in [0.15, 0.2) is 12.1 Å². The first-order valence-corrected chi connectivity index (χ1v) is 6.74. The number of carbonyl (C=O) groups is 2. The van der Waals surface area contributed by atoms with Crippen LogP contribution in [0.4, 0.5) is 10.5 Å². The van der Waals surface area contributed by atoms with Crippen LogP contribution in [-0.4, -0.2) is 23.1 Å². The summed E-state index contributed by atoms with van der Waals surface area (Å²) in [4.78, 5) is 22.8. The van der Waals surface area contributed by atoms with E-state index in [1.54, 1.807) is 26.8 Å². The zero-order valence-electron chi connectivity index (χ0n) is 11.3. The number of carbonyl (C=O) groups excluding carboxylic acids is 1. The van der Waals surface area contributed by atoms with Crippen LogP contribution in [0, 0.1) is 12.8 Å². The highest BCUT2D eigenvalue weighted by atomic mass is 35.5. The molecule has 0 spiro atoms. The predicted octanol–water partition coefficient (Wildman–Crippen LogP) is 3.53. The molecule has 0 aliphatic carbocycles. The molecule has 7 heteroatoms. The van der Waals surface area contributed by atoms with Gasteiger partial charge < -0.3 is 15.7 Å². The van der Waals surface area contributed by atoms with Crippen LogP contribution in [0.5, 0.6) is 0 Å². The van der Waals surface area contributed by atoms with Crippen molar-refractivity contribution in [3.63, 3.8) is 0 Å². The van der Waals surface area contributed by atoms with E-state index in [9.17, 15) is 9.59 Å². The molecule has 0 saturated carbocycles. The molecule has 0 heterocycles. The van der Waals surface area contributed by atoms with Crippen LogP contribution in [0.25, 0.3) is 0 Å². The van der Waals surface area contributed by atoms with Crippen molar-refractivity contribution in [2.75, 3.05) is 5.32 Å². The lowest BCUT2D eigenvalue weighted by Gasteiger charge is -2.18. The molecule has 1 aromatic carbocycles. The molecular weight excluding hydrogens is 303 g/mol. The van der Waals surface area contributed by atoms with Crippen LogP contribution >= 0.6 is 23.2 Å². The fraction of sp³-hybridized carbons (Fsp3) is 0.385. The lowest BCUT2D eigenvalue weighted by molar-refractivity contribution is -0.140. The quantitative estimate of drug-likeness (QED) is 0.794. The second kappa shape index (κ2) is 6.81. The van der Waals surface area contributed by atoms with Gasteiger partial charge >= 0.3 is 12.0 Å². The third kappa shape index (κ3) is 4.28. The van der Waals surface area contributed by atoms with Crippen molar-refractivity contribution in [1.29, 1.82) is 0 Å². The number of benzene rings is 1. The minimum Gasteiger partial charge on any atom is -0.480 e. The Kier molecular flexibility index (Phi) is 5.65. The number of halogens is 2. The van der Waals surface area contributed by atoms with Gasteiger partial charge in [-0.15, -0.1) is 0 Å². The monoisotopic (exact) mass is 318 g/mol. The van der Waals surface area contributed by atoms with Crippen molar-refractivity contribution >= 4 is 40.9 Å². The summed E-state index contributed by atoms with van der Waals surface area (Å²) in [6.07, 6.45) is 0. The topological polar surface area (TPSA) is 78.4 Å². The number of hydrogen-bond donors (Lipinski definition) is 3. The molecule has 1 atom stereocenters. The molecule has 0 unspecified atom stereocenters. The number of carboxylic acid groups (broad SMARTS) is 1. The van der Waals surface area contributed by atoms with Crippen molar-refractivity contribution < 1.29 is 14.7 Å². The number of nitrogens with one attached hydrogen (secondary N) is 2. The van der Waals surface area contributed by atoms with Crippen LogP contribution in [0.3, 0.4) is 0 Å². The zero-order valence-corrected chi connectivity index (χ0v) is 12.8. The first-order valence-electron chi connectivity index (χ1n) is 5.98. The van der Waals surface area contributed by atoms with Gasteiger partial charge in [0.1, 0.15) is 6.04 Å². The molecule has 1 rings (SSSR count). The molecule has 0 aromatic heterocycles. The third-order valence-corrected chi connectivity index (χ3v) is 3.44. The average Bonchev–Trinajstić information content (AvgIpc) is 2.32. The van der Waals surface area contributed by atoms with Crippen LogP contribution < -0.4 is 10.6 Å². The molecule has 0 fully saturated rings. The Morgan fingerprint density at radius 2 is 1.80 bits per heavy atom. The molecule has 3 N–H and O–H groups in total. The van der Waals surface area contributed by atoms with Crippen molar-refractivity contribution in [3.05, 3.63) is 27.7 Å². The minimum absolute atomic E-state index is 0.240. The van der Waals surface area contributed by atoms with E-state index in [0.717, 1.165) is 5.56 Å². The van der Waals surface area contributed by atoms with Gasteiger partial charge in [-0.3, -0.25) is 0 Å². The van der Waals surface area contributed by atoms with E-state index >= 15 is 0 Å². The lowest BCUT2D eigenvalue weighted by Crippen LogP contribution is -2.46. The summed E-state index contributed by atoms with van der Waals surface area (Å²) in [5, 5.41) is 14.7. The maximum Gasteiger partial charge on any atom is 0.326 e.